The first-order valence-electron chi connectivity index (χ1n) is 10.6. The van der Waals surface area contributed by atoms with Gasteiger partial charge in [-0.05, 0) is 53.3 Å². The summed E-state index contributed by atoms with van der Waals surface area (Å²) in [4.78, 5) is 22.4. The molecule has 3 heterocycles. The molecule has 0 bridgehead atoms. The van der Waals surface area contributed by atoms with E-state index in [1.165, 1.54) is 6.07 Å². The van der Waals surface area contributed by atoms with Gasteiger partial charge in [-0.2, -0.15) is 0 Å². The summed E-state index contributed by atoms with van der Waals surface area (Å²) < 4.78 is 14.7. The second-order valence-electron chi connectivity index (χ2n) is 7.81. The highest BCUT2D eigenvalue weighted by Gasteiger charge is 2.24. The molecule has 33 heavy (non-hydrogen) atoms. The fraction of sp³-hybridized carbons (Fsp3) is 0.192. The smallest absolute Gasteiger partial charge is 0.152 e. The Morgan fingerprint density at radius 1 is 1.18 bits per heavy atom. The van der Waals surface area contributed by atoms with E-state index in [4.69, 9.17) is 16.6 Å². The maximum absolute atomic E-state index is 14.7. The molecule has 3 aromatic rings. The van der Waals surface area contributed by atoms with Gasteiger partial charge in [-0.3, -0.25) is 9.78 Å². The molecule has 1 aliphatic heterocycles. The highest BCUT2D eigenvalue weighted by molar-refractivity contribution is 6.30. The van der Waals surface area contributed by atoms with E-state index in [0.29, 0.717) is 47.4 Å². The summed E-state index contributed by atoms with van der Waals surface area (Å²) in [6, 6.07) is 10.7. The second-order valence-corrected chi connectivity index (χ2v) is 8.22. The normalized spacial score (nSPS) is 13.0. The number of aryl methyl sites for hydroxylation is 2. The standard InChI is InChI=1S/C26H23ClFN3O2/c1-17-21(16-33)15-31(10-11-32)26-22(17)13-20(12-19-5-2-6-23(27)25(19)28)24(30-26)8-7-18-4-3-9-29-14-18/h2-6,9,13-16,32H,1,7-8,10-12H2. The van der Waals surface area contributed by atoms with Crippen molar-refractivity contribution in [2.75, 3.05) is 18.1 Å². The fourth-order valence-corrected chi connectivity index (χ4v) is 4.13. The molecule has 7 heteroatoms. The minimum atomic E-state index is -0.454. The predicted octanol–water partition coefficient (Wildman–Crippen LogP) is 4.55. The minimum Gasteiger partial charge on any atom is -0.395 e. The molecule has 0 amide bonds. The van der Waals surface area contributed by atoms with Gasteiger partial charge in [-0.1, -0.05) is 36.4 Å². The molecule has 0 atom stereocenters. The van der Waals surface area contributed by atoms with Crippen molar-refractivity contribution in [3.8, 4) is 0 Å². The number of pyridine rings is 2. The number of nitrogens with zero attached hydrogens (tertiary/aromatic N) is 3. The number of hydrogen-bond donors (Lipinski definition) is 1. The summed E-state index contributed by atoms with van der Waals surface area (Å²) in [5.74, 6) is 0.167. The van der Waals surface area contributed by atoms with Gasteiger partial charge in [-0.25, -0.2) is 9.37 Å². The van der Waals surface area contributed by atoms with Crippen LogP contribution in [0, 0.1) is 5.82 Å². The van der Waals surface area contributed by atoms with Crippen LogP contribution in [0.25, 0.3) is 5.57 Å². The Bertz CT molecular complexity index is 1230. The van der Waals surface area contributed by atoms with Crippen LogP contribution in [0.3, 0.4) is 0 Å². The number of aldehydes is 1. The number of aliphatic hydroxyl groups is 1. The molecule has 0 spiro atoms. The van der Waals surface area contributed by atoms with Crippen molar-refractivity contribution in [3.63, 3.8) is 0 Å². The van der Waals surface area contributed by atoms with E-state index in [2.05, 4.69) is 11.6 Å². The lowest BCUT2D eigenvalue weighted by molar-refractivity contribution is -0.104. The van der Waals surface area contributed by atoms with Gasteiger partial charge in [-0.15, -0.1) is 0 Å². The first kappa shape index (κ1) is 22.8. The number of fused-ring (bicyclic) bond motifs is 1. The SMILES string of the molecule is C=C1C(C=O)=CN(CCO)c2nc(CCc3cccnc3)c(Cc3cccc(Cl)c3F)cc21. The van der Waals surface area contributed by atoms with Gasteiger partial charge in [0, 0.05) is 48.4 Å². The van der Waals surface area contributed by atoms with E-state index in [1.54, 1.807) is 29.4 Å². The molecule has 0 fully saturated rings. The van der Waals surface area contributed by atoms with E-state index < -0.39 is 5.82 Å². The van der Waals surface area contributed by atoms with Crippen LogP contribution in [-0.4, -0.2) is 34.5 Å². The van der Waals surface area contributed by atoms with Gasteiger partial charge in [0.2, 0.25) is 0 Å². The van der Waals surface area contributed by atoms with Crippen molar-refractivity contribution in [1.82, 2.24) is 9.97 Å². The zero-order chi connectivity index (χ0) is 23.4. The first-order chi connectivity index (χ1) is 16.0. The third kappa shape index (κ3) is 4.87. The van der Waals surface area contributed by atoms with Crippen molar-refractivity contribution in [2.45, 2.75) is 19.3 Å². The molecule has 5 nitrogen and oxygen atoms in total. The molecule has 0 saturated heterocycles. The molecule has 1 N–H and O–H groups in total. The van der Waals surface area contributed by atoms with Gasteiger partial charge in [0.05, 0.1) is 11.6 Å². The van der Waals surface area contributed by atoms with E-state index in [1.807, 2.05) is 24.4 Å². The molecule has 0 saturated carbocycles. The van der Waals surface area contributed by atoms with Crippen molar-refractivity contribution in [2.24, 2.45) is 0 Å². The Labute approximate surface area is 196 Å². The number of aliphatic hydroxyl groups excluding tert-OH is 1. The molecule has 0 radical (unpaired) electrons. The topological polar surface area (TPSA) is 66.3 Å². The van der Waals surface area contributed by atoms with Gasteiger partial charge >= 0.3 is 0 Å². The average Bonchev–Trinajstić information content (AvgIpc) is 2.83. The van der Waals surface area contributed by atoms with Crippen molar-refractivity contribution in [3.05, 3.63) is 106 Å². The third-order valence-corrected chi connectivity index (χ3v) is 5.96. The number of carbonyl (C=O) groups is 1. The highest BCUT2D eigenvalue weighted by atomic mass is 35.5. The number of carbonyl (C=O) groups excluding carboxylic acids is 1. The number of aromatic nitrogens is 2. The number of rotatable bonds is 8. The number of anilines is 1. The van der Waals surface area contributed by atoms with Gasteiger partial charge in [0.15, 0.2) is 6.29 Å². The monoisotopic (exact) mass is 463 g/mol. The molecular formula is C26H23ClFN3O2. The van der Waals surface area contributed by atoms with E-state index in [9.17, 15) is 14.3 Å². The Kier molecular flexibility index (Phi) is 6.96. The zero-order valence-corrected chi connectivity index (χ0v) is 18.7. The number of hydrogen-bond acceptors (Lipinski definition) is 5. The third-order valence-electron chi connectivity index (χ3n) is 5.67. The Hall–Kier alpha value is -3.35. The summed E-state index contributed by atoms with van der Waals surface area (Å²) in [5.41, 5.74) is 4.82. The summed E-state index contributed by atoms with van der Waals surface area (Å²) in [6.45, 7) is 4.26. The zero-order valence-electron chi connectivity index (χ0n) is 18.0. The highest BCUT2D eigenvalue weighted by Crippen LogP contribution is 2.36. The van der Waals surface area contributed by atoms with Crippen LogP contribution in [0.5, 0.6) is 0 Å². The largest absolute Gasteiger partial charge is 0.395 e. The number of benzene rings is 1. The molecule has 1 aliphatic rings. The first-order valence-corrected chi connectivity index (χ1v) is 11.0. The lowest BCUT2D eigenvalue weighted by Gasteiger charge is -2.29. The molecule has 2 aromatic heterocycles. The van der Waals surface area contributed by atoms with Crippen LogP contribution < -0.4 is 4.90 Å². The maximum atomic E-state index is 14.7. The molecule has 4 rings (SSSR count). The van der Waals surface area contributed by atoms with Gasteiger partial charge < -0.3 is 10.0 Å². The molecular weight excluding hydrogens is 441 g/mol. The lowest BCUT2D eigenvalue weighted by atomic mass is 9.92. The second kappa shape index (κ2) is 10.1. The summed E-state index contributed by atoms with van der Waals surface area (Å²) >= 11 is 6.00. The van der Waals surface area contributed by atoms with Crippen LogP contribution >= 0.6 is 11.6 Å². The molecule has 0 unspecified atom stereocenters. The van der Waals surface area contributed by atoms with Gasteiger partial charge in [0.25, 0.3) is 0 Å². The number of allylic oxidation sites excluding steroid dienone is 2. The van der Waals surface area contributed by atoms with E-state index in [-0.39, 0.29) is 18.2 Å². The van der Waals surface area contributed by atoms with E-state index in [0.717, 1.165) is 23.1 Å². The van der Waals surface area contributed by atoms with Crippen LogP contribution in [0.15, 0.2) is 67.1 Å². The van der Waals surface area contributed by atoms with E-state index >= 15 is 0 Å². The molecule has 0 aliphatic carbocycles. The van der Waals surface area contributed by atoms with Crippen LogP contribution in [0.2, 0.25) is 5.02 Å². The van der Waals surface area contributed by atoms with Crippen molar-refractivity contribution in [1.29, 1.82) is 0 Å². The lowest BCUT2D eigenvalue weighted by Crippen LogP contribution is -2.27. The number of β-amino-alcohol motifs (C(OH)–C–C–N with tert-alkyl or cyclic N) is 1. The van der Waals surface area contributed by atoms with Crippen LogP contribution in [-0.2, 0) is 24.1 Å². The quantitative estimate of drug-likeness (QED) is 0.496. The number of halogens is 2. The fourth-order valence-electron chi connectivity index (χ4n) is 3.93. The van der Waals surface area contributed by atoms with Crippen molar-refractivity contribution < 1.29 is 14.3 Å². The molecule has 168 valence electrons. The summed E-state index contributed by atoms with van der Waals surface area (Å²) in [6.07, 6.45) is 7.55. The Balaban J connectivity index is 1.79. The predicted molar refractivity (Wildman–Crippen MR) is 128 cm³/mol. The van der Waals surface area contributed by atoms with Crippen LogP contribution in [0.1, 0.15) is 27.9 Å². The minimum absolute atomic E-state index is 0.0695. The Morgan fingerprint density at radius 2 is 2.03 bits per heavy atom. The molecule has 1 aromatic carbocycles. The maximum Gasteiger partial charge on any atom is 0.152 e. The van der Waals surface area contributed by atoms with Crippen LogP contribution in [0.4, 0.5) is 10.2 Å². The average molecular weight is 464 g/mol. The van der Waals surface area contributed by atoms with Crippen molar-refractivity contribution >= 4 is 29.3 Å². The van der Waals surface area contributed by atoms with Gasteiger partial charge in [0.1, 0.15) is 11.6 Å². The summed E-state index contributed by atoms with van der Waals surface area (Å²) in [5, 5.41) is 9.60. The Morgan fingerprint density at radius 3 is 2.76 bits per heavy atom. The summed E-state index contributed by atoms with van der Waals surface area (Å²) in [7, 11) is 0.